The first-order valence-corrected chi connectivity index (χ1v) is 5.62. The highest BCUT2D eigenvalue weighted by Gasteiger charge is 2.26. The molecule has 0 amide bonds. The van der Waals surface area contributed by atoms with Crippen LogP contribution in [-0.4, -0.2) is 9.55 Å². The third-order valence-corrected chi connectivity index (χ3v) is 2.92. The standard InChI is InChI=1S/C12H15N3O/c1-8(2)5-10-11-6-13-7-15(11)12-9(14-10)3-4-16-12/h3-4,6-8,10,14H,5H2,1-2H3/t10-/m1/s1. The van der Waals surface area contributed by atoms with Crippen LogP contribution in [0.3, 0.4) is 0 Å². The Morgan fingerprint density at radius 3 is 3.25 bits per heavy atom. The highest BCUT2D eigenvalue weighted by molar-refractivity contribution is 5.60. The lowest BCUT2D eigenvalue weighted by molar-refractivity contribution is 0.485. The van der Waals surface area contributed by atoms with Gasteiger partial charge in [0.05, 0.1) is 29.9 Å². The Labute approximate surface area is 94.3 Å². The summed E-state index contributed by atoms with van der Waals surface area (Å²) in [6.45, 7) is 4.46. The summed E-state index contributed by atoms with van der Waals surface area (Å²) in [5.41, 5.74) is 2.23. The molecule has 0 radical (unpaired) electrons. The predicted octanol–water partition coefficient (Wildman–Crippen LogP) is 2.98. The third-order valence-electron chi connectivity index (χ3n) is 2.92. The van der Waals surface area contributed by atoms with Gasteiger partial charge in [0.15, 0.2) is 0 Å². The van der Waals surface area contributed by atoms with E-state index in [1.165, 1.54) is 5.69 Å². The van der Waals surface area contributed by atoms with E-state index < -0.39 is 0 Å². The molecule has 3 rings (SSSR count). The second-order valence-electron chi connectivity index (χ2n) is 4.65. The molecule has 0 aliphatic carbocycles. The summed E-state index contributed by atoms with van der Waals surface area (Å²) in [4.78, 5) is 4.20. The number of furan rings is 1. The van der Waals surface area contributed by atoms with Crippen LogP contribution in [0.2, 0.25) is 0 Å². The van der Waals surface area contributed by atoms with Gasteiger partial charge in [-0.15, -0.1) is 0 Å². The summed E-state index contributed by atoms with van der Waals surface area (Å²) < 4.78 is 7.48. The number of anilines is 1. The lowest BCUT2D eigenvalue weighted by atomic mass is 10.00. The van der Waals surface area contributed by atoms with Crippen LogP contribution in [0.4, 0.5) is 5.69 Å². The Balaban J connectivity index is 2.04. The van der Waals surface area contributed by atoms with Crippen molar-refractivity contribution in [3.63, 3.8) is 0 Å². The molecule has 0 unspecified atom stereocenters. The fourth-order valence-corrected chi connectivity index (χ4v) is 2.24. The van der Waals surface area contributed by atoms with Gasteiger partial charge in [-0.3, -0.25) is 4.57 Å². The van der Waals surface area contributed by atoms with Crippen molar-refractivity contribution in [2.75, 3.05) is 5.32 Å². The van der Waals surface area contributed by atoms with Crippen LogP contribution < -0.4 is 5.32 Å². The molecule has 1 atom stereocenters. The molecule has 1 aliphatic rings. The Morgan fingerprint density at radius 2 is 2.44 bits per heavy atom. The maximum Gasteiger partial charge on any atom is 0.228 e. The van der Waals surface area contributed by atoms with Crippen LogP contribution >= 0.6 is 0 Å². The molecule has 0 spiro atoms. The van der Waals surface area contributed by atoms with Gasteiger partial charge in [0.2, 0.25) is 5.88 Å². The molecule has 84 valence electrons. The normalized spacial score (nSPS) is 18.1. The van der Waals surface area contributed by atoms with E-state index in [-0.39, 0.29) is 0 Å². The molecular formula is C12H15N3O. The number of aromatic nitrogens is 2. The topological polar surface area (TPSA) is 43.0 Å². The van der Waals surface area contributed by atoms with Gasteiger partial charge in [-0.1, -0.05) is 13.8 Å². The van der Waals surface area contributed by atoms with Crippen molar-refractivity contribution in [3.05, 3.63) is 30.5 Å². The summed E-state index contributed by atoms with van der Waals surface area (Å²) >= 11 is 0. The SMILES string of the molecule is CC(C)C[C@H]1Nc2ccoc2-n2cncc21. The second-order valence-corrected chi connectivity index (χ2v) is 4.65. The van der Waals surface area contributed by atoms with Gasteiger partial charge in [0.25, 0.3) is 0 Å². The van der Waals surface area contributed by atoms with Crippen LogP contribution in [0.1, 0.15) is 32.0 Å². The summed E-state index contributed by atoms with van der Waals surface area (Å²) in [5, 5.41) is 3.50. The zero-order valence-electron chi connectivity index (χ0n) is 9.47. The van der Waals surface area contributed by atoms with Gasteiger partial charge in [-0.05, 0) is 12.3 Å². The van der Waals surface area contributed by atoms with Gasteiger partial charge < -0.3 is 9.73 Å². The molecule has 1 N–H and O–H groups in total. The lowest BCUT2D eigenvalue weighted by Gasteiger charge is -2.26. The van der Waals surface area contributed by atoms with Crippen LogP contribution in [0.15, 0.2) is 29.3 Å². The molecule has 16 heavy (non-hydrogen) atoms. The van der Waals surface area contributed by atoms with Gasteiger partial charge in [0, 0.05) is 6.07 Å². The summed E-state index contributed by atoms with van der Waals surface area (Å²) in [6, 6.07) is 2.29. The first-order chi connectivity index (χ1) is 7.75. The minimum absolute atomic E-state index is 0.326. The van der Waals surface area contributed by atoms with E-state index in [0.717, 1.165) is 18.0 Å². The molecule has 0 fully saturated rings. The second kappa shape index (κ2) is 3.40. The number of fused-ring (bicyclic) bond motifs is 3. The third kappa shape index (κ3) is 1.33. The van der Waals surface area contributed by atoms with Gasteiger partial charge in [-0.2, -0.15) is 0 Å². The zero-order valence-corrected chi connectivity index (χ0v) is 9.47. The average molecular weight is 217 g/mol. The lowest BCUT2D eigenvalue weighted by Crippen LogP contribution is -2.21. The number of hydrogen-bond donors (Lipinski definition) is 1. The monoisotopic (exact) mass is 217 g/mol. The van der Waals surface area contributed by atoms with E-state index >= 15 is 0 Å². The summed E-state index contributed by atoms with van der Waals surface area (Å²) in [7, 11) is 0. The molecule has 0 bridgehead atoms. The summed E-state index contributed by atoms with van der Waals surface area (Å²) in [5.74, 6) is 1.49. The number of rotatable bonds is 2. The van der Waals surface area contributed by atoms with E-state index in [1.54, 1.807) is 6.26 Å². The minimum Gasteiger partial charge on any atom is -0.446 e. The molecule has 2 aromatic heterocycles. The fraction of sp³-hybridized carbons (Fsp3) is 0.417. The number of nitrogens with one attached hydrogen (secondary N) is 1. The number of hydrogen-bond acceptors (Lipinski definition) is 3. The van der Waals surface area contributed by atoms with Crippen molar-refractivity contribution < 1.29 is 4.42 Å². The quantitative estimate of drug-likeness (QED) is 0.841. The molecule has 4 heteroatoms. The maximum absolute atomic E-state index is 5.45. The largest absolute Gasteiger partial charge is 0.446 e. The molecule has 4 nitrogen and oxygen atoms in total. The molecule has 0 saturated heterocycles. The molecule has 2 aromatic rings. The van der Waals surface area contributed by atoms with Crippen LogP contribution in [-0.2, 0) is 0 Å². The van der Waals surface area contributed by atoms with E-state index in [1.807, 2.05) is 23.2 Å². The molecule has 1 aliphatic heterocycles. The number of nitrogens with zero attached hydrogens (tertiary/aromatic N) is 2. The van der Waals surface area contributed by atoms with Crippen molar-refractivity contribution in [2.45, 2.75) is 26.3 Å². The van der Waals surface area contributed by atoms with Crippen LogP contribution in [0.5, 0.6) is 0 Å². The molecule has 0 saturated carbocycles. The summed E-state index contributed by atoms with van der Waals surface area (Å²) in [6.07, 6.45) is 6.52. The fourth-order valence-electron chi connectivity index (χ4n) is 2.24. The molecule has 3 heterocycles. The number of imidazole rings is 1. The van der Waals surface area contributed by atoms with Crippen molar-refractivity contribution >= 4 is 5.69 Å². The zero-order chi connectivity index (χ0) is 11.1. The molecule has 0 aromatic carbocycles. The van der Waals surface area contributed by atoms with Gasteiger partial charge in [0.1, 0.15) is 6.33 Å². The molecular weight excluding hydrogens is 202 g/mol. The van der Waals surface area contributed by atoms with Crippen LogP contribution in [0.25, 0.3) is 5.88 Å². The van der Waals surface area contributed by atoms with Crippen molar-refractivity contribution in [1.29, 1.82) is 0 Å². The smallest absolute Gasteiger partial charge is 0.228 e. The van der Waals surface area contributed by atoms with E-state index in [9.17, 15) is 0 Å². The highest BCUT2D eigenvalue weighted by Crippen LogP contribution is 2.36. The minimum atomic E-state index is 0.326. The average Bonchev–Trinajstić information content (AvgIpc) is 2.82. The van der Waals surface area contributed by atoms with Crippen molar-refractivity contribution in [1.82, 2.24) is 9.55 Å². The first-order valence-electron chi connectivity index (χ1n) is 5.62. The Kier molecular flexibility index (Phi) is 2.02. The van der Waals surface area contributed by atoms with Crippen molar-refractivity contribution in [3.8, 4) is 5.88 Å². The van der Waals surface area contributed by atoms with Gasteiger partial charge in [-0.25, -0.2) is 4.98 Å². The Hall–Kier alpha value is -1.71. The van der Waals surface area contributed by atoms with E-state index in [0.29, 0.717) is 12.0 Å². The Bertz CT molecular complexity index is 498. The first kappa shape index (κ1) is 9.51. The van der Waals surface area contributed by atoms with Gasteiger partial charge >= 0.3 is 0 Å². The van der Waals surface area contributed by atoms with E-state index in [2.05, 4.69) is 24.1 Å². The Morgan fingerprint density at radius 1 is 1.56 bits per heavy atom. The maximum atomic E-state index is 5.45. The predicted molar refractivity (Wildman–Crippen MR) is 61.6 cm³/mol. The van der Waals surface area contributed by atoms with Crippen LogP contribution in [0, 0.1) is 5.92 Å². The van der Waals surface area contributed by atoms with E-state index in [4.69, 9.17) is 4.42 Å². The highest BCUT2D eigenvalue weighted by atomic mass is 16.3. The van der Waals surface area contributed by atoms with Crippen molar-refractivity contribution in [2.24, 2.45) is 5.92 Å².